The second kappa shape index (κ2) is 10.9. The molecule has 0 bridgehead atoms. The third-order valence-corrected chi connectivity index (χ3v) is 3.78. The normalized spacial score (nSPS) is 10.1. The number of nitrogens with one attached hydrogen (secondary N) is 1. The zero-order valence-corrected chi connectivity index (χ0v) is 15.8. The van der Waals surface area contributed by atoms with Gasteiger partial charge in [0.25, 0.3) is 0 Å². The predicted molar refractivity (Wildman–Crippen MR) is 106 cm³/mol. The molecule has 2 aromatic carbocycles. The quantitative estimate of drug-likeness (QED) is 0.522. The van der Waals surface area contributed by atoms with E-state index in [1.807, 2.05) is 18.2 Å². The van der Waals surface area contributed by atoms with Crippen LogP contribution < -0.4 is 15.0 Å². The average Bonchev–Trinajstić information content (AvgIpc) is 2.68. The van der Waals surface area contributed by atoms with E-state index in [0.29, 0.717) is 18.0 Å². The summed E-state index contributed by atoms with van der Waals surface area (Å²) in [6.45, 7) is 4.57. The van der Waals surface area contributed by atoms with Gasteiger partial charge in [-0.05, 0) is 49.7 Å². The van der Waals surface area contributed by atoms with E-state index in [4.69, 9.17) is 9.47 Å². The number of anilines is 2. The van der Waals surface area contributed by atoms with Crippen molar-refractivity contribution in [1.29, 1.82) is 0 Å². The summed E-state index contributed by atoms with van der Waals surface area (Å²) in [6, 6.07) is 15.8. The van der Waals surface area contributed by atoms with Crippen LogP contribution in [-0.4, -0.2) is 31.8 Å². The molecule has 0 unspecified atom stereocenters. The van der Waals surface area contributed by atoms with Crippen LogP contribution in [-0.2, 0) is 9.53 Å². The molecule has 6 heteroatoms. The standard InChI is InChI=1S/C21H26N2O4/c1-3-5-15-27-19-13-11-18(12-14-19)23(16-20(24)26-4-2)21(25)22-17-9-7-6-8-10-17/h6-14H,3-5,15-16H2,1-2H3,(H,22,25). The van der Waals surface area contributed by atoms with E-state index in [0.717, 1.165) is 18.6 Å². The molecule has 0 aliphatic heterocycles. The van der Waals surface area contributed by atoms with E-state index in [-0.39, 0.29) is 13.2 Å². The number of ether oxygens (including phenoxy) is 2. The number of hydrogen-bond acceptors (Lipinski definition) is 4. The van der Waals surface area contributed by atoms with Crippen molar-refractivity contribution in [1.82, 2.24) is 0 Å². The van der Waals surface area contributed by atoms with Gasteiger partial charge in [0, 0.05) is 11.4 Å². The highest BCUT2D eigenvalue weighted by atomic mass is 16.5. The van der Waals surface area contributed by atoms with E-state index >= 15 is 0 Å². The fourth-order valence-electron chi connectivity index (χ4n) is 2.39. The van der Waals surface area contributed by atoms with Gasteiger partial charge in [-0.15, -0.1) is 0 Å². The molecule has 0 atom stereocenters. The van der Waals surface area contributed by atoms with E-state index < -0.39 is 12.0 Å². The minimum Gasteiger partial charge on any atom is -0.494 e. The maximum atomic E-state index is 12.7. The minimum atomic E-state index is -0.469. The van der Waals surface area contributed by atoms with E-state index in [2.05, 4.69) is 12.2 Å². The molecule has 0 heterocycles. The summed E-state index contributed by atoms with van der Waals surface area (Å²) in [7, 11) is 0. The van der Waals surface area contributed by atoms with Crippen LogP contribution in [0.3, 0.4) is 0 Å². The summed E-state index contributed by atoms with van der Waals surface area (Å²) in [5, 5.41) is 2.79. The van der Waals surface area contributed by atoms with Crippen molar-refractivity contribution in [3.8, 4) is 5.75 Å². The molecule has 0 aromatic heterocycles. The van der Waals surface area contributed by atoms with E-state index in [1.54, 1.807) is 43.3 Å². The molecule has 0 saturated heterocycles. The van der Waals surface area contributed by atoms with Gasteiger partial charge in [0.15, 0.2) is 0 Å². The Morgan fingerprint density at radius 2 is 1.70 bits per heavy atom. The van der Waals surface area contributed by atoms with Gasteiger partial charge in [-0.25, -0.2) is 4.79 Å². The van der Waals surface area contributed by atoms with E-state index in [9.17, 15) is 9.59 Å². The fourth-order valence-corrected chi connectivity index (χ4v) is 2.39. The van der Waals surface area contributed by atoms with Crippen LogP contribution in [0.25, 0.3) is 0 Å². The maximum absolute atomic E-state index is 12.7. The second-order valence-electron chi connectivity index (χ2n) is 5.88. The Morgan fingerprint density at radius 3 is 2.33 bits per heavy atom. The van der Waals surface area contributed by atoms with Crippen molar-refractivity contribution < 1.29 is 19.1 Å². The van der Waals surface area contributed by atoms with Gasteiger partial charge in [-0.2, -0.15) is 0 Å². The van der Waals surface area contributed by atoms with Gasteiger partial charge < -0.3 is 14.8 Å². The molecule has 0 saturated carbocycles. The van der Waals surface area contributed by atoms with Crippen LogP contribution in [0.1, 0.15) is 26.7 Å². The van der Waals surface area contributed by atoms with Gasteiger partial charge in [-0.1, -0.05) is 31.5 Å². The van der Waals surface area contributed by atoms with Gasteiger partial charge in [0.2, 0.25) is 0 Å². The molecule has 27 heavy (non-hydrogen) atoms. The van der Waals surface area contributed by atoms with Crippen LogP contribution in [0.4, 0.5) is 16.2 Å². The van der Waals surface area contributed by atoms with Crippen molar-refractivity contribution in [2.24, 2.45) is 0 Å². The Bertz CT molecular complexity index is 717. The highest BCUT2D eigenvalue weighted by Crippen LogP contribution is 2.21. The molecule has 2 amide bonds. The van der Waals surface area contributed by atoms with Crippen LogP contribution >= 0.6 is 0 Å². The molecule has 2 rings (SSSR count). The molecule has 6 nitrogen and oxygen atoms in total. The lowest BCUT2D eigenvalue weighted by molar-refractivity contribution is -0.141. The van der Waals surface area contributed by atoms with Gasteiger partial charge in [0.05, 0.1) is 13.2 Å². The molecular weight excluding hydrogens is 344 g/mol. The number of urea groups is 1. The van der Waals surface area contributed by atoms with Crippen LogP contribution in [0.2, 0.25) is 0 Å². The Balaban J connectivity index is 2.13. The highest BCUT2D eigenvalue weighted by Gasteiger charge is 2.20. The third kappa shape index (κ3) is 6.66. The van der Waals surface area contributed by atoms with Gasteiger partial charge in [0.1, 0.15) is 12.3 Å². The molecule has 1 N–H and O–H groups in total. The minimum absolute atomic E-state index is 0.178. The molecule has 0 radical (unpaired) electrons. The lowest BCUT2D eigenvalue weighted by atomic mass is 10.2. The second-order valence-corrected chi connectivity index (χ2v) is 5.88. The molecule has 0 aliphatic rings. The van der Waals surface area contributed by atoms with Crippen molar-refractivity contribution in [3.63, 3.8) is 0 Å². The third-order valence-electron chi connectivity index (χ3n) is 3.78. The Hall–Kier alpha value is -3.02. The fraction of sp³-hybridized carbons (Fsp3) is 0.333. The first-order valence-corrected chi connectivity index (χ1v) is 9.16. The molecule has 144 valence electrons. The Kier molecular flexibility index (Phi) is 8.16. The van der Waals surface area contributed by atoms with E-state index in [1.165, 1.54) is 4.90 Å². The number of para-hydroxylation sites is 1. The lowest BCUT2D eigenvalue weighted by Gasteiger charge is -2.22. The first-order chi connectivity index (χ1) is 13.1. The SMILES string of the molecule is CCCCOc1ccc(N(CC(=O)OCC)C(=O)Nc2ccccc2)cc1. The molecular formula is C21H26N2O4. The zero-order chi connectivity index (χ0) is 19.5. The number of carbonyl (C=O) groups is 2. The Morgan fingerprint density at radius 1 is 1.00 bits per heavy atom. The zero-order valence-electron chi connectivity index (χ0n) is 15.8. The number of hydrogen-bond donors (Lipinski definition) is 1. The number of rotatable bonds is 9. The number of esters is 1. The topological polar surface area (TPSA) is 67.9 Å². The summed E-state index contributed by atoms with van der Waals surface area (Å²) < 4.78 is 10.6. The smallest absolute Gasteiger partial charge is 0.326 e. The van der Waals surface area contributed by atoms with Crippen molar-refractivity contribution in [2.75, 3.05) is 30.0 Å². The molecule has 2 aromatic rings. The average molecular weight is 370 g/mol. The van der Waals surface area contributed by atoms with Gasteiger partial charge >= 0.3 is 12.0 Å². The number of carbonyl (C=O) groups excluding carboxylic acids is 2. The molecule has 0 aliphatic carbocycles. The van der Waals surface area contributed by atoms with Crippen molar-refractivity contribution in [2.45, 2.75) is 26.7 Å². The first kappa shape index (κ1) is 20.3. The van der Waals surface area contributed by atoms with Crippen LogP contribution in [0, 0.1) is 0 Å². The Labute approximate surface area is 160 Å². The molecule has 0 spiro atoms. The number of unbranched alkanes of at least 4 members (excludes halogenated alkanes) is 1. The summed E-state index contributed by atoms with van der Waals surface area (Å²) >= 11 is 0. The summed E-state index contributed by atoms with van der Waals surface area (Å²) in [5.41, 5.74) is 1.23. The monoisotopic (exact) mass is 370 g/mol. The largest absolute Gasteiger partial charge is 0.494 e. The lowest BCUT2D eigenvalue weighted by Crippen LogP contribution is -2.39. The van der Waals surface area contributed by atoms with Crippen molar-refractivity contribution >= 4 is 23.4 Å². The van der Waals surface area contributed by atoms with Crippen molar-refractivity contribution in [3.05, 3.63) is 54.6 Å². The number of benzene rings is 2. The van der Waals surface area contributed by atoms with Crippen LogP contribution in [0.5, 0.6) is 5.75 Å². The molecule has 0 fully saturated rings. The summed E-state index contributed by atoms with van der Waals surface area (Å²) in [5.74, 6) is 0.260. The highest BCUT2D eigenvalue weighted by molar-refractivity contribution is 6.04. The van der Waals surface area contributed by atoms with Crippen LogP contribution in [0.15, 0.2) is 54.6 Å². The van der Waals surface area contributed by atoms with Gasteiger partial charge in [-0.3, -0.25) is 9.69 Å². The summed E-state index contributed by atoms with van der Waals surface area (Å²) in [4.78, 5) is 26.0. The predicted octanol–water partition coefficient (Wildman–Crippen LogP) is 4.47. The maximum Gasteiger partial charge on any atom is 0.326 e. The number of nitrogens with zero attached hydrogens (tertiary/aromatic N) is 1. The summed E-state index contributed by atoms with van der Waals surface area (Å²) in [6.07, 6.45) is 2.04. The first-order valence-electron chi connectivity index (χ1n) is 9.16. The number of amides is 2.